The lowest BCUT2D eigenvalue weighted by Gasteiger charge is -2.37. The Balaban J connectivity index is 1.79. The molecule has 192 valence electrons. The van der Waals surface area contributed by atoms with E-state index in [0.717, 1.165) is 24.8 Å². The van der Waals surface area contributed by atoms with Crippen LogP contribution in [0.2, 0.25) is 0 Å². The van der Waals surface area contributed by atoms with Gasteiger partial charge in [-0.2, -0.15) is 0 Å². The predicted octanol–water partition coefficient (Wildman–Crippen LogP) is 2.60. The number of carbonyl (C=O) groups excluding carboxylic acids is 3. The van der Waals surface area contributed by atoms with Gasteiger partial charge in [-0.15, -0.1) is 0 Å². The number of unbranched alkanes of at least 4 members (excludes halogenated alkanes) is 2. The fourth-order valence-electron chi connectivity index (χ4n) is 6.62. The lowest BCUT2D eigenvalue weighted by atomic mass is 9.62. The van der Waals surface area contributed by atoms with Gasteiger partial charge in [0.25, 0.3) is 0 Å². The molecule has 0 aliphatic carbocycles. The van der Waals surface area contributed by atoms with E-state index in [1.165, 1.54) is 4.90 Å². The van der Waals surface area contributed by atoms with E-state index in [9.17, 15) is 19.5 Å². The highest BCUT2D eigenvalue weighted by atomic mass is 16.6. The SMILES string of the molecule is CCCCCNC(=O)C1N([C@H](CO)c2ccccc2)C(=O)[C@@H]2[C@@H](C(=O)OCC)[C@]3(C)OC12CC3C. The molecular formula is C27H38N2O6. The van der Waals surface area contributed by atoms with Crippen LogP contribution in [0.15, 0.2) is 30.3 Å². The van der Waals surface area contributed by atoms with Crippen LogP contribution in [-0.4, -0.2) is 64.8 Å². The zero-order valence-electron chi connectivity index (χ0n) is 21.2. The molecule has 35 heavy (non-hydrogen) atoms. The van der Waals surface area contributed by atoms with Crippen molar-refractivity contribution < 1.29 is 29.0 Å². The Bertz CT molecular complexity index is 954. The smallest absolute Gasteiger partial charge is 0.312 e. The summed E-state index contributed by atoms with van der Waals surface area (Å²) >= 11 is 0. The quantitative estimate of drug-likeness (QED) is 0.389. The van der Waals surface area contributed by atoms with Gasteiger partial charge in [0.1, 0.15) is 17.6 Å². The van der Waals surface area contributed by atoms with E-state index < -0.39 is 41.1 Å². The number of esters is 1. The first-order chi connectivity index (χ1) is 16.8. The summed E-state index contributed by atoms with van der Waals surface area (Å²) in [5, 5.41) is 13.5. The molecule has 1 spiro atoms. The number of benzene rings is 1. The Morgan fingerprint density at radius 1 is 1.26 bits per heavy atom. The Morgan fingerprint density at radius 2 is 1.97 bits per heavy atom. The van der Waals surface area contributed by atoms with Crippen molar-refractivity contribution in [1.82, 2.24) is 10.2 Å². The van der Waals surface area contributed by atoms with Gasteiger partial charge >= 0.3 is 5.97 Å². The maximum atomic E-state index is 14.2. The lowest BCUT2D eigenvalue weighted by molar-refractivity contribution is -0.162. The van der Waals surface area contributed by atoms with Crippen LogP contribution in [0.5, 0.6) is 0 Å². The van der Waals surface area contributed by atoms with Crippen LogP contribution in [0.4, 0.5) is 0 Å². The molecular weight excluding hydrogens is 448 g/mol. The van der Waals surface area contributed by atoms with Crippen molar-refractivity contribution in [3.05, 3.63) is 35.9 Å². The van der Waals surface area contributed by atoms with Crippen molar-refractivity contribution in [3.63, 3.8) is 0 Å². The molecule has 3 saturated heterocycles. The van der Waals surface area contributed by atoms with Crippen LogP contribution >= 0.6 is 0 Å². The average molecular weight is 487 g/mol. The summed E-state index contributed by atoms with van der Waals surface area (Å²) in [4.78, 5) is 42.6. The zero-order valence-corrected chi connectivity index (χ0v) is 21.2. The summed E-state index contributed by atoms with van der Waals surface area (Å²) in [6.45, 7) is 8.03. The second-order valence-electron chi connectivity index (χ2n) is 10.3. The number of nitrogens with one attached hydrogen (secondary N) is 1. The van der Waals surface area contributed by atoms with E-state index in [1.807, 2.05) is 44.2 Å². The van der Waals surface area contributed by atoms with Crippen LogP contribution in [-0.2, 0) is 23.9 Å². The van der Waals surface area contributed by atoms with Crippen LogP contribution in [0.25, 0.3) is 0 Å². The molecule has 2 N–H and O–H groups in total. The van der Waals surface area contributed by atoms with Gasteiger partial charge < -0.3 is 24.8 Å². The molecule has 3 unspecified atom stereocenters. The molecule has 0 saturated carbocycles. The van der Waals surface area contributed by atoms with Gasteiger partial charge in [0, 0.05) is 6.54 Å². The number of carbonyl (C=O) groups is 3. The van der Waals surface area contributed by atoms with Crippen molar-refractivity contribution in [2.75, 3.05) is 19.8 Å². The predicted molar refractivity (Wildman–Crippen MR) is 129 cm³/mol. The number of nitrogens with zero attached hydrogens (tertiary/aromatic N) is 1. The summed E-state index contributed by atoms with van der Waals surface area (Å²) in [5.74, 6) is -2.81. The van der Waals surface area contributed by atoms with E-state index in [2.05, 4.69) is 12.2 Å². The minimum Gasteiger partial charge on any atom is -0.466 e. The number of ether oxygens (including phenoxy) is 2. The fourth-order valence-corrected chi connectivity index (χ4v) is 6.62. The molecule has 0 radical (unpaired) electrons. The lowest BCUT2D eigenvalue weighted by Crippen LogP contribution is -2.56. The van der Waals surface area contributed by atoms with Gasteiger partial charge in [0.05, 0.1) is 30.8 Å². The van der Waals surface area contributed by atoms with Crippen LogP contribution in [0.3, 0.4) is 0 Å². The summed E-state index contributed by atoms with van der Waals surface area (Å²) in [7, 11) is 0. The Kier molecular flexibility index (Phi) is 7.25. The summed E-state index contributed by atoms with van der Waals surface area (Å²) in [6.07, 6.45) is 3.33. The Morgan fingerprint density at radius 3 is 2.60 bits per heavy atom. The second-order valence-corrected chi connectivity index (χ2v) is 10.3. The molecule has 3 aliphatic heterocycles. The highest BCUT2D eigenvalue weighted by molar-refractivity contribution is 5.98. The molecule has 7 atom stereocenters. The third-order valence-electron chi connectivity index (χ3n) is 8.31. The fraction of sp³-hybridized carbons (Fsp3) is 0.667. The van der Waals surface area contributed by atoms with Gasteiger partial charge in [0.2, 0.25) is 11.8 Å². The van der Waals surface area contributed by atoms with Crippen molar-refractivity contribution in [2.45, 2.75) is 76.7 Å². The molecule has 8 nitrogen and oxygen atoms in total. The summed E-state index contributed by atoms with van der Waals surface area (Å²) < 4.78 is 12.1. The van der Waals surface area contributed by atoms with E-state index in [1.54, 1.807) is 6.92 Å². The minimum atomic E-state index is -1.15. The molecule has 1 aromatic carbocycles. The molecule has 3 fully saturated rings. The Labute approximate surface area is 207 Å². The van der Waals surface area contributed by atoms with E-state index >= 15 is 0 Å². The van der Waals surface area contributed by atoms with Gasteiger partial charge in [-0.05, 0) is 38.2 Å². The average Bonchev–Trinajstić information content (AvgIpc) is 3.35. The number of hydrogen-bond donors (Lipinski definition) is 2. The monoisotopic (exact) mass is 486 g/mol. The third kappa shape index (κ3) is 3.95. The normalized spacial score (nSPS) is 34.1. The van der Waals surface area contributed by atoms with Crippen molar-refractivity contribution in [3.8, 4) is 0 Å². The topological polar surface area (TPSA) is 105 Å². The highest BCUT2D eigenvalue weighted by Gasteiger charge is 2.80. The van der Waals surface area contributed by atoms with Gasteiger partial charge in [-0.3, -0.25) is 14.4 Å². The van der Waals surface area contributed by atoms with Crippen LogP contribution in [0.1, 0.15) is 65.0 Å². The molecule has 0 aromatic heterocycles. The van der Waals surface area contributed by atoms with E-state index in [0.29, 0.717) is 13.0 Å². The van der Waals surface area contributed by atoms with Crippen molar-refractivity contribution in [1.29, 1.82) is 0 Å². The van der Waals surface area contributed by atoms with Crippen LogP contribution in [0, 0.1) is 17.8 Å². The molecule has 1 aromatic rings. The number of fused-ring (bicyclic) bond motifs is 1. The molecule has 3 heterocycles. The second kappa shape index (κ2) is 9.90. The van der Waals surface area contributed by atoms with Gasteiger partial charge in [0.15, 0.2) is 0 Å². The number of rotatable bonds is 10. The molecule has 8 heteroatoms. The van der Waals surface area contributed by atoms with Gasteiger partial charge in [-0.1, -0.05) is 57.0 Å². The van der Waals surface area contributed by atoms with E-state index in [-0.39, 0.29) is 30.9 Å². The van der Waals surface area contributed by atoms with Crippen molar-refractivity contribution >= 4 is 17.8 Å². The van der Waals surface area contributed by atoms with Crippen molar-refractivity contribution in [2.24, 2.45) is 17.8 Å². The molecule has 2 bridgehead atoms. The minimum absolute atomic E-state index is 0.0550. The highest BCUT2D eigenvalue weighted by Crippen LogP contribution is 2.66. The van der Waals surface area contributed by atoms with Crippen LogP contribution < -0.4 is 5.32 Å². The summed E-state index contributed by atoms with van der Waals surface area (Å²) in [5.41, 5.74) is -1.33. The molecule has 2 amide bonds. The number of aliphatic hydroxyl groups excluding tert-OH is 1. The maximum Gasteiger partial charge on any atom is 0.312 e. The van der Waals surface area contributed by atoms with Gasteiger partial charge in [-0.25, -0.2) is 0 Å². The molecule has 4 rings (SSSR count). The summed E-state index contributed by atoms with van der Waals surface area (Å²) in [6, 6.07) is 7.52. The molecule has 3 aliphatic rings. The first-order valence-electron chi connectivity index (χ1n) is 12.9. The van der Waals surface area contributed by atoms with E-state index in [4.69, 9.17) is 9.47 Å². The first-order valence-corrected chi connectivity index (χ1v) is 12.9. The largest absolute Gasteiger partial charge is 0.466 e. The number of aliphatic hydroxyl groups is 1. The number of likely N-dealkylation sites (tertiary alicyclic amines) is 1. The Hall–Kier alpha value is -2.45. The standard InChI is InChI=1S/C27H38N2O6/c1-5-7-11-14-28-23(31)22-27-15-17(3)26(4,35-27)21(25(33)34-6-2)20(27)24(32)29(22)19(16-30)18-12-9-8-10-13-18/h8-10,12-13,17,19-22,30H,5-7,11,14-16H2,1-4H3,(H,28,31)/t17?,19-,20+,21+,22?,26-,27?/m1/s1. The number of amides is 2. The zero-order chi connectivity index (χ0) is 25.4. The maximum absolute atomic E-state index is 14.2. The first kappa shape index (κ1) is 25.6. The number of hydrogen-bond acceptors (Lipinski definition) is 6. The third-order valence-corrected chi connectivity index (χ3v) is 8.31.